The Morgan fingerprint density at radius 3 is 2.44 bits per heavy atom. The molecule has 0 unspecified atom stereocenters. The zero-order chi connectivity index (χ0) is 35.6. The summed E-state index contributed by atoms with van der Waals surface area (Å²) in [4.78, 5) is 39.5. The van der Waals surface area contributed by atoms with Crippen molar-refractivity contribution in [1.29, 1.82) is 5.26 Å². The van der Waals surface area contributed by atoms with E-state index in [1.807, 2.05) is 35.6 Å². The van der Waals surface area contributed by atoms with Crippen molar-refractivity contribution in [3.8, 4) is 23.1 Å². The number of rotatable bonds is 7. The van der Waals surface area contributed by atoms with Gasteiger partial charge in [0.2, 0.25) is 0 Å². The van der Waals surface area contributed by atoms with Gasteiger partial charge in [-0.2, -0.15) is 5.26 Å². The number of morpholine rings is 1. The van der Waals surface area contributed by atoms with E-state index in [1.165, 1.54) is 22.6 Å². The number of hydrogen-bond donors (Lipinski definition) is 1. The predicted octanol–water partition coefficient (Wildman–Crippen LogP) is 6.93. The second-order valence-electron chi connectivity index (χ2n) is 12.9. The first-order chi connectivity index (χ1) is 24.7. The number of fused-ring (bicyclic) bond motifs is 1. The Hall–Kier alpha value is -5.18. The fraction of sp³-hybridized carbons (Fsp3) is 0.250. The molecule has 2 amide bonds. The molecule has 12 heteroatoms. The SMILES string of the molecule is Cc1c(C(=O)N(c2ccc(O)cc2)c2cccc(C#N)n2)cc(-c2cc(Cl)ccc2C(=O)N2Cc3ccccc3C[C@H]2CN2CCOCC2)n1C.Cl. The molecule has 0 bridgehead atoms. The van der Waals surface area contributed by atoms with Crippen LogP contribution in [0.3, 0.4) is 0 Å². The second kappa shape index (κ2) is 15.6. The van der Waals surface area contributed by atoms with E-state index in [0.717, 1.165) is 31.6 Å². The molecular formula is C40H38Cl2N6O4. The van der Waals surface area contributed by atoms with Gasteiger partial charge in [-0.1, -0.05) is 41.9 Å². The number of aromatic hydroxyl groups is 1. The number of nitrogens with zero attached hydrogens (tertiary/aromatic N) is 6. The normalized spacial score (nSPS) is 15.7. The van der Waals surface area contributed by atoms with Crippen LogP contribution in [-0.2, 0) is 24.8 Å². The summed E-state index contributed by atoms with van der Waals surface area (Å²) >= 11 is 6.61. The standard InChI is InChI=1S/C40H37ClN6O4.ClH/c1-26-35(40(50)47(31-11-13-33(48)14-12-31)38-9-5-8-30(23-42)43-38)22-37(44(26)2)36-21-29(41)10-15-34(36)39(49)46-24-28-7-4-3-6-27(28)20-32(46)25-45-16-18-51-19-17-45;/h3-15,21-22,32,48H,16-20,24-25H2,1-2H3;1H/t32-;/m0./s1. The minimum Gasteiger partial charge on any atom is -0.508 e. The number of ether oxygens (including phenoxy) is 1. The Morgan fingerprint density at radius 2 is 1.71 bits per heavy atom. The smallest absolute Gasteiger partial charge is 0.265 e. The molecule has 0 radical (unpaired) electrons. The molecule has 0 spiro atoms. The predicted molar refractivity (Wildman–Crippen MR) is 202 cm³/mol. The van der Waals surface area contributed by atoms with Crippen molar-refractivity contribution in [2.45, 2.75) is 25.9 Å². The third-order valence-corrected chi connectivity index (χ3v) is 10.1. The molecule has 4 heterocycles. The van der Waals surface area contributed by atoms with Crippen LogP contribution in [0.5, 0.6) is 5.75 Å². The van der Waals surface area contributed by atoms with Gasteiger partial charge in [0.1, 0.15) is 23.3 Å². The van der Waals surface area contributed by atoms with Gasteiger partial charge in [0.15, 0.2) is 0 Å². The molecule has 7 rings (SSSR count). The highest BCUT2D eigenvalue weighted by atomic mass is 35.5. The molecule has 0 aliphatic carbocycles. The van der Waals surface area contributed by atoms with E-state index in [9.17, 15) is 20.0 Å². The summed E-state index contributed by atoms with van der Waals surface area (Å²) in [6, 6.07) is 28.5. The van der Waals surface area contributed by atoms with E-state index < -0.39 is 5.91 Å². The van der Waals surface area contributed by atoms with Crippen molar-refractivity contribution >= 4 is 47.3 Å². The summed E-state index contributed by atoms with van der Waals surface area (Å²) < 4.78 is 7.48. The molecule has 1 saturated heterocycles. The number of carbonyl (C=O) groups is 2. The van der Waals surface area contributed by atoms with Crippen LogP contribution in [0.1, 0.15) is 43.2 Å². The molecule has 2 aliphatic rings. The van der Waals surface area contributed by atoms with Gasteiger partial charge in [-0.25, -0.2) is 4.98 Å². The maximum absolute atomic E-state index is 14.8. The van der Waals surface area contributed by atoms with Crippen molar-refractivity contribution in [2.24, 2.45) is 7.05 Å². The van der Waals surface area contributed by atoms with Crippen molar-refractivity contribution in [2.75, 3.05) is 37.7 Å². The number of benzene rings is 3. The van der Waals surface area contributed by atoms with Crippen LogP contribution in [-0.4, -0.2) is 75.2 Å². The van der Waals surface area contributed by atoms with Crippen LogP contribution in [0.15, 0.2) is 91.0 Å². The first-order valence-corrected chi connectivity index (χ1v) is 17.2. The van der Waals surface area contributed by atoms with Gasteiger partial charge < -0.3 is 19.3 Å². The average molecular weight is 738 g/mol. The molecule has 5 aromatic rings. The lowest BCUT2D eigenvalue weighted by Crippen LogP contribution is -2.52. The molecule has 2 aliphatic heterocycles. The Labute approximate surface area is 313 Å². The quantitative estimate of drug-likeness (QED) is 0.193. The van der Waals surface area contributed by atoms with E-state index in [1.54, 1.807) is 54.6 Å². The van der Waals surface area contributed by atoms with Gasteiger partial charge in [-0.15, -0.1) is 12.4 Å². The lowest BCUT2D eigenvalue weighted by atomic mass is 9.92. The molecule has 10 nitrogen and oxygen atoms in total. The highest BCUT2D eigenvalue weighted by Crippen LogP contribution is 2.36. The molecule has 1 atom stereocenters. The van der Waals surface area contributed by atoms with Crippen molar-refractivity contribution in [3.05, 3.63) is 130 Å². The molecule has 266 valence electrons. The average Bonchev–Trinajstić information content (AvgIpc) is 3.45. The zero-order valence-electron chi connectivity index (χ0n) is 28.8. The molecule has 0 saturated carbocycles. The van der Waals surface area contributed by atoms with Crippen LogP contribution in [0.25, 0.3) is 11.3 Å². The van der Waals surface area contributed by atoms with E-state index in [2.05, 4.69) is 28.1 Å². The summed E-state index contributed by atoms with van der Waals surface area (Å²) in [7, 11) is 1.86. The first-order valence-electron chi connectivity index (χ1n) is 16.9. The summed E-state index contributed by atoms with van der Waals surface area (Å²) in [5.74, 6) is -0.199. The van der Waals surface area contributed by atoms with Crippen molar-refractivity contribution < 1.29 is 19.4 Å². The Morgan fingerprint density at radius 1 is 0.981 bits per heavy atom. The van der Waals surface area contributed by atoms with Crippen LogP contribution in [0.2, 0.25) is 5.02 Å². The number of aromatic nitrogens is 2. The lowest BCUT2D eigenvalue weighted by molar-refractivity contribution is 0.0193. The van der Waals surface area contributed by atoms with Crippen LogP contribution >= 0.6 is 24.0 Å². The van der Waals surface area contributed by atoms with Crippen molar-refractivity contribution in [1.82, 2.24) is 19.4 Å². The summed E-state index contributed by atoms with van der Waals surface area (Å²) in [6.45, 7) is 6.07. The van der Waals surface area contributed by atoms with Gasteiger partial charge >= 0.3 is 0 Å². The largest absolute Gasteiger partial charge is 0.508 e. The highest BCUT2D eigenvalue weighted by Gasteiger charge is 2.34. The second-order valence-corrected chi connectivity index (χ2v) is 13.3. The van der Waals surface area contributed by atoms with Crippen LogP contribution in [0, 0.1) is 18.3 Å². The van der Waals surface area contributed by atoms with Crippen LogP contribution in [0.4, 0.5) is 11.5 Å². The summed E-state index contributed by atoms with van der Waals surface area (Å²) in [5.41, 5.74) is 5.78. The number of nitriles is 1. The van der Waals surface area contributed by atoms with Gasteiger partial charge in [-0.05, 0) is 85.1 Å². The summed E-state index contributed by atoms with van der Waals surface area (Å²) in [6.07, 6.45) is 0.748. The van der Waals surface area contributed by atoms with Gasteiger partial charge in [0, 0.05) is 66.8 Å². The monoisotopic (exact) mass is 736 g/mol. The van der Waals surface area contributed by atoms with E-state index >= 15 is 0 Å². The third-order valence-electron chi connectivity index (χ3n) is 9.83. The van der Waals surface area contributed by atoms with Crippen LogP contribution < -0.4 is 4.90 Å². The highest BCUT2D eigenvalue weighted by molar-refractivity contribution is 6.31. The number of pyridine rings is 1. The fourth-order valence-corrected chi connectivity index (χ4v) is 7.17. The molecule has 1 N–H and O–H groups in total. The van der Waals surface area contributed by atoms with Gasteiger partial charge in [-0.3, -0.25) is 19.4 Å². The number of phenolic OH excluding ortho intramolecular Hbond substituents is 1. The number of halogens is 2. The lowest BCUT2D eigenvalue weighted by Gasteiger charge is -2.40. The molecule has 52 heavy (non-hydrogen) atoms. The van der Waals surface area contributed by atoms with E-state index in [4.69, 9.17) is 16.3 Å². The van der Waals surface area contributed by atoms with Crippen molar-refractivity contribution in [3.63, 3.8) is 0 Å². The fourth-order valence-electron chi connectivity index (χ4n) is 7.00. The summed E-state index contributed by atoms with van der Waals surface area (Å²) in [5, 5.41) is 20.0. The van der Waals surface area contributed by atoms with Gasteiger partial charge in [0.25, 0.3) is 11.8 Å². The Kier molecular flexibility index (Phi) is 11.0. The third kappa shape index (κ3) is 7.27. The molecule has 1 fully saturated rings. The van der Waals surface area contributed by atoms with E-state index in [0.29, 0.717) is 58.5 Å². The zero-order valence-corrected chi connectivity index (χ0v) is 30.4. The number of amides is 2. The Bertz CT molecular complexity index is 2160. The number of hydrogen-bond acceptors (Lipinski definition) is 7. The minimum atomic E-state index is -0.393. The maximum Gasteiger partial charge on any atom is 0.265 e. The van der Waals surface area contributed by atoms with Gasteiger partial charge in [0.05, 0.1) is 24.5 Å². The maximum atomic E-state index is 14.8. The molecule has 2 aromatic heterocycles. The number of anilines is 2. The van der Waals surface area contributed by atoms with E-state index in [-0.39, 0.29) is 41.6 Å². The minimum absolute atomic E-state index is 0. The molecule has 3 aromatic carbocycles. The first kappa shape index (κ1) is 36.6. The topological polar surface area (TPSA) is 115 Å². The number of carbonyl (C=O) groups excluding carboxylic acids is 2. The number of phenols is 1. The molecular weight excluding hydrogens is 699 g/mol. The Balaban J connectivity index is 0.00000464.